The molecule has 9 nitrogen and oxygen atoms in total. The molecule has 0 aliphatic heterocycles. The SMILES string of the molecule is CCOC(=O)NC(=O)CN(CC)C(=O)CSc1nnc2ccccn12. The van der Waals surface area contributed by atoms with E-state index >= 15 is 0 Å². The summed E-state index contributed by atoms with van der Waals surface area (Å²) in [5.41, 5.74) is 0.693. The standard InChI is InChI=1S/C15H19N5O4S/c1-3-19(9-12(21)16-15(23)24-4-2)13(22)10-25-14-18-17-11-7-5-6-8-20(11)14/h5-8H,3-4,9-10H2,1-2H3,(H,16,21,23). The summed E-state index contributed by atoms with van der Waals surface area (Å²) in [6, 6.07) is 5.52. The lowest BCUT2D eigenvalue weighted by molar-refractivity contribution is -0.133. The Balaban J connectivity index is 1.89. The van der Waals surface area contributed by atoms with Gasteiger partial charge < -0.3 is 9.64 Å². The van der Waals surface area contributed by atoms with Gasteiger partial charge in [-0.3, -0.25) is 19.3 Å². The average Bonchev–Trinajstić information content (AvgIpc) is 3.01. The first-order valence-electron chi connectivity index (χ1n) is 7.72. The summed E-state index contributed by atoms with van der Waals surface area (Å²) in [6.45, 7) is 3.69. The predicted octanol–water partition coefficient (Wildman–Crippen LogP) is 0.943. The lowest BCUT2D eigenvalue weighted by atomic mass is 10.4. The molecule has 0 aliphatic rings. The average molecular weight is 365 g/mol. The second-order valence-corrected chi connectivity index (χ2v) is 5.82. The van der Waals surface area contributed by atoms with Crippen LogP contribution in [0.5, 0.6) is 0 Å². The van der Waals surface area contributed by atoms with Gasteiger partial charge in [0.15, 0.2) is 10.8 Å². The molecule has 134 valence electrons. The van der Waals surface area contributed by atoms with E-state index in [-0.39, 0.29) is 24.8 Å². The molecule has 25 heavy (non-hydrogen) atoms. The highest BCUT2D eigenvalue weighted by Gasteiger charge is 2.18. The fourth-order valence-electron chi connectivity index (χ4n) is 2.01. The maximum Gasteiger partial charge on any atom is 0.413 e. The first-order valence-corrected chi connectivity index (χ1v) is 8.70. The number of ether oxygens (including phenoxy) is 1. The van der Waals surface area contributed by atoms with E-state index in [0.717, 1.165) is 0 Å². The van der Waals surface area contributed by atoms with Gasteiger partial charge in [-0.15, -0.1) is 10.2 Å². The van der Waals surface area contributed by atoms with Crippen molar-refractivity contribution in [2.75, 3.05) is 25.4 Å². The van der Waals surface area contributed by atoms with Crippen molar-refractivity contribution >= 4 is 35.3 Å². The number of thioether (sulfide) groups is 1. The zero-order valence-corrected chi connectivity index (χ0v) is 14.8. The molecule has 10 heteroatoms. The summed E-state index contributed by atoms with van der Waals surface area (Å²) in [7, 11) is 0. The van der Waals surface area contributed by atoms with E-state index < -0.39 is 12.0 Å². The second-order valence-electron chi connectivity index (χ2n) is 4.88. The summed E-state index contributed by atoms with van der Waals surface area (Å²) in [5.74, 6) is -0.721. The van der Waals surface area contributed by atoms with Crippen molar-refractivity contribution in [3.8, 4) is 0 Å². The minimum Gasteiger partial charge on any atom is -0.450 e. The van der Waals surface area contributed by atoms with Crippen molar-refractivity contribution in [2.45, 2.75) is 19.0 Å². The van der Waals surface area contributed by atoms with Gasteiger partial charge >= 0.3 is 6.09 Å². The van der Waals surface area contributed by atoms with Crippen LogP contribution in [0.2, 0.25) is 0 Å². The van der Waals surface area contributed by atoms with Crippen LogP contribution in [0.4, 0.5) is 4.79 Å². The molecule has 0 spiro atoms. The molecule has 0 radical (unpaired) electrons. The highest BCUT2D eigenvalue weighted by Crippen LogP contribution is 2.17. The molecule has 0 aliphatic carbocycles. The molecule has 0 fully saturated rings. The van der Waals surface area contributed by atoms with E-state index in [1.807, 2.05) is 24.4 Å². The van der Waals surface area contributed by atoms with E-state index in [9.17, 15) is 14.4 Å². The molecule has 0 saturated heterocycles. The van der Waals surface area contributed by atoms with Crippen molar-refractivity contribution in [3.63, 3.8) is 0 Å². The molecule has 0 aromatic carbocycles. The Morgan fingerprint density at radius 1 is 1.28 bits per heavy atom. The number of pyridine rings is 1. The molecule has 0 unspecified atom stereocenters. The summed E-state index contributed by atoms with van der Waals surface area (Å²) < 4.78 is 6.41. The monoisotopic (exact) mass is 365 g/mol. The number of nitrogens with zero attached hydrogens (tertiary/aromatic N) is 4. The smallest absolute Gasteiger partial charge is 0.413 e. The third kappa shape index (κ3) is 5.18. The summed E-state index contributed by atoms with van der Waals surface area (Å²) in [4.78, 5) is 36.6. The molecular formula is C15H19N5O4S. The van der Waals surface area contributed by atoms with Gasteiger partial charge in [0, 0.05) is 12.7 Å². The van der Waals surface area contributed by atoms with E-state index in [1.54, 1.807) is 18.2 Å². The zero-order valence-electron chi connectivity index (χ0n) is 14.0. The maximum atomic E-state index is 12.3. The van der Waals surface area contributed by atoms with Gasteiger partial charge in [0.2, 0.25) is 11.8 Å². The van der Waals surface area contributed by atoms with Crippen LogP contribution in [0.3, 0.4) is 0 Å². The number of carbonyl (C=O) groups is 3. The van der Waals surface area contributed by atoms with Crippen molar-refractivity contribution in [2.24, 2.45) is 0 Å². The summed E-state index contributed by atoms with van der Waals surface area (Å²) >= 11 is 1.23. The lowest BCUT2D eigenvalue weighted by Gasteiger charge is -2.19. The molecule has 2 rings (SSSR count). The van der Waals surface area contributed by atoms with Gasteiger partial charge in [-0.05, 0) is 26.0 Å². The fourth-order valence-corrected chi connectivity index (χ4v) is 2.83. The number of rotatable bonds is 7. The van der Waals surface area contributed by atoms with Gasteiger partial charge in [-0.1, -0.05) is 17.8 Å². The lowest BCUT2D eigenvalue weighted by Crippen LogP contribution is -2.43. The van der Waals surface area contributed by atoms with E-state index in [1.165, 1.54) is 16.7 Å². The van der Waals surface area contributed by atoms with Crippen LogP contribution in [0.25, 0.3) is 5.65 Å². The van der Waals surface area contributed by atoms with Gasteiger partial charge in [-0.25, -0.2) is 4.79 Å². The van der Waals surface area contributed by atoms with E-state index in [4.69, 9.17) is 0 Å². The molecule has 2 aromatic heterocycles. The Bertz CT molecular complexity index is 763. The molecule has 2 aromatic rings. The minimum atomic E-state index is -0.819. The molecule has 0 atom stereocenters. The van der Waals surface area contributed by atoms with Crippen LogP contribution in [-0.2, 0) is 14.3 Å². The topological polar surface area (TPSA) is 106 Å². The third-order valence-corrected chi connectivity index (χ3v) is 4.12. The number of amides is 3. The second kappa shape index (κ2) is 9.02. The Morgan fingerprint density at radius 3 is 2.80 bits per heavy atom. The number of alkyl carbamates (subject to hydrolysis) is 1. The largest absolute Gasteiger partial charge is 0.450 e. The summed E-state index contributed by atoms with van der Waals surface area (Å²) in [6.07, 6.45) is 0.993. The third-order valence-electron chi connectivity index (χ3n) is 3.19. The Hall–Kier alpha value is -2.62. The van der Waals surface area contributed by atoms with E-state index in [0.29, 0.717) is 17.3 Å². The number of hydrogen-bond acceptors (Lipinski definition) is 7. The highest BCUT2D eigenvalue weighted by atomic mass is 32.2. The number of fused-ring (bicyclic) bond motifs is 1. The molecule has 3 amide bonds. The van der Waals surface area contributed by atoms with Crippen molar-refractivity contribution in [1.29, 1.82) is 0 Å². The van der Waals surface area contributed by atoms with Crippen LogP contribution in [0.15, 0.2) is 29.6 Å². The van der Waals surface area contributed by atoms with Crippen LogP contribution < -0.4 is 5.32 Å². The molecule has 1 N–H and O–H groups in total. The Morgan fingerprint density at radius 2 is 2.08 bits per heavy atom. The van der Waals surface area contributed by atoms with Crippen LogP contribution in [-0.4, -0.2) is 62.9 Å². The molecular weight excluding hydrogens is 346 g/mol. The zero-order chi connectivity index (χ0) is 18.2. The highest BCUT2D eigenvalue weighted by molar-refractivity contribution is 7.99. The first-order chi connectivity index (χ1) is 12.0. The number of hydrogen-bond donors (Lipinski definition) is 1. The van der Waals surface area contributed by atoms with Crippen molar-refractivity contribution in [1.82, 2.24) is 24.8 Å². The van der Waals surface area contributed by atoms with Gasteiger partial charge in [-0.2, -0.15) is 0 Å². The molecule has 0 saturated carbocycles. The first kappa shape index (κ1) is 18.7. The van der Waals surface area contributed by atoms with Gasteiger partial charge in [0.25, 0.3) is 0 Å². The summed E-state index contributed by atoms with van der Waals surface area (Å²) in [5, 5.41) is 10.7. The minimum absolute atomic E-state index is 0.107. The normalized spacial score (nSPS) is 10.5. The fraction of sp³-hybridized carbons (Fsp3) is 0.400. The number of likely N-dealkylation sites (N-methyl/N-ethyl adjacent to an activating group) is 1. The maximum absolute atomic E-state index is 12.3. The number of carbonyl (C=O) groups excluding carboxylic acids is 3. The van der Waals surface area contributed by atoms with Crippen LogP contribution in [0.1, 0.15) is 13.8 Å². The van der Waals surface area contributed by atoms with Crippen LogP contribution >= 0.6 is 11.8 Å². The quantitative estimate of drug-likeness (QED) is 0.728. The molecule has 2 heterocycles. The Kier molecular flexibility index (Phi) is 6.75. The van der Waals surface area contributed by atoms with Gasteiger partial charge in [0.1, 0.15) is 6.54 Å². The number of imide groups is 1. The Labute approximate surface area is 148 Å². The number of nitrogens with one attached hydrogen (secondary N) is 1. The van der Waals surface area contributed by atoms with Crippen molar-refractivity contribution in [3.05, 3.63) is 24.4 Å². The van der Waals surface area contributed by atoms with Crippen molar-refractivity contribution < 1.29 is 19.1 Å². The molecule has 0 bridgehead atoms. The number of aromatic nitrogens is 3. The van der Waals surface area contributed by atoms with Gasteiger partial charge in [0.05, 0.1) is 12.4 Å². The van der Waals surface area contributed by atoms with Crippen LogP contribution in [0, 0.1) is 0 Å². The predicted molar refractivity (Wildman–Crippen MR) is 91.1 cm³/mol. The van der Waals surface area contributed by atoms with E-state index in [2.05, 4.69) is 20.3 Å².